The monoisotopic (exact) mass is 167 g/mol. The van der Waals surface area contributed by atoms with E-state index in [2.05, 4.69) is 12.5 Å². The Kier molecular flexibility index (Phi) is 27.1. The van der Waals surface area contributed by atoms with Crippen molar-refractivity contribution in [2.75, 3.05) is 0 Å². The molecule has 10 heavy (non-hydrogen) atoms. The average molecular weight is 168 g/mol. The van der Waals surface area contributed by atoms with Crippen molar-refractivity contribution in [1.82, 2.24) is 0 Å². The number of rotatable bonds is 4. The molecule has 0 aromatic carbocycles. The predicted molar refractivity (Wildman–Crippen MR) is 43.3 cm³/mol. The summed E-state index contributed by atoms with van der Waals surface area (Å²) < 4.78 is 0. The van der Waals surface area contributed by atoms with Crippen LogP contribution in [0.2, 0.25) is 0 Å². The van der Waals surface area contributed by atoms with Gasteiger partial charge >= 0.3 is 23.1 Å². The summed E-state index contributed by atoms with van der Waals surface area (Å²) >= 11 is 0. The molecule has 52 valence electrons. The van der Waals surface area contributed by atoms with E-state index in [0.29, 0.717) is 0 Å². The summed E-state index contributed by atoms with van der Waals surface area (Å²) in [6.07, 6.45) is 11.3. The van der Waals surface area contributed by atoms with Crippen LogP contribution in [-0.4, -0.2) is 23.1 Å². The molecule has 0 bridgehead atoms. The second kappa shape index (κ2) is 16.2. The first-order valence-electron chi connectivity index (χ1n) is 2.96. The molecule has 0 radical (unpaired) electrons. The number of hydrogen-bond acceptors (Lipinski definition) is 0. The molecule has 0 saturated heterocycles. The first-order chi connectivity index (χ1) is 3.91. The maximum atomic E-state index is 5.03. The minimum Gasteiger partial charge on any atom is -1.00 e. The second-order valence-electron chi connectivity index (χ2n) is 1.74. The SMILES string of the molecule is C#CCCCCC=C.[Cl-].[Mg+2]. The molecule has 0 aliphatic heterocycles. The van der Waals surface area contributed by atoms with Crippen LogP contribution in [0.25, 0.3) is 0 Å². The standard InChI is InChI=1S/C8H12.ClH.Mg/c1-3-5-7-8-6-4-2;;/h1,4H,2,5-8H2;1H;/q;;+2/p-1. The molecule has 0 spiro atoms. The van der Waals surface area contributed by atoms with E-state index in [1.54, 1.807) is 0 Å². The van der Waals surface area contributed by atoms with E-state index < -0.39 is 0 Å². The van der Waals surface area contributed by atoms with Gasteiger partial charge in [-0.3, -0.25) is 0 Å². The molecular formula is C8H12ClMg+. The first-order valence-corrected chi connectivity index (χ1v) is 2.96. The van der Waals surface area contributed by atoms with Gasteiger partial charge in [0.25, 0.3) is 0 Å². The number of hydrogen-bond donors (Lipinski definition) is 0. The van der Waals surface area contributed by atoms with Gasteiger partial charge in [-0.25, -0.2) is 0 Å². The van der Waals surface area contributed by atoms with E-state index in [9.17, 15) is 0 Å². The normalized spacial score (nSPS) is 6.30. The molecule has 0 unspecified atom stereocenters. The quantitative estimate of drug-likeness (QED) is 0.218. The molecule has 0 saturated carbocycles. The zero-order valence-electron chi connectivity index (χ0n) is 6.28. The zero-order valence-corrected chi connectivity index (χ0v) is 8.45. The van der Waals surface area contributed by atoms with Gasteiger partial charge in [0.05, 0.1) is 0 Å². The molecule has 0 amide bonds. The largest absolute Gasteiger partial charge is 2.00 e. The van der Waals surface area contributed by atoms with Gasteiger partial charge in [0.15, 0.2) is 0 Å². The van der Waals surface area contributed by atoms with E-state index in [1.807, 2.05) is 6.08 Å². The molecule has 0 nitrogen and oxygen atoms in total. The second-order valence-corrected chi connectivity index (χ2v) is 1.74. The summed E-state index contributed by atoms with van der Waals surface area (Å²) in [5.41, 5.74) is 0. The van der Waals surface area contributed by atoms with Crippen molar-refractivity contribution in [1.29, 1.82) is 0 Å². The fourth-order valence-electron chi connectivity index (χ4n) is 0.516. The van der Waals surface area contributed by atoms with Crippen molar-refractivity contribution in [2.45, 2.75) is 25.7 Å². The van der Waals surface area contributed by atoms with Crippen LogP contribution in [0.3, 0.4) is 0 Å². The maximum Gasteiger partial charge on any atom is 2.00 e. The molecule has 0 aliphatic carbocycles. The third kappa shape index (κ3) is 15.8. The molecule has 0 atom stereocenters. The number of unbranched alkanes of at least 4 members (excludes halogenated alkanes) is 3. The van der Waals surface area contributed by atoms with Crippen molar-refractivity contribution >= 4 is 23.1 Å². The van der Waals surface area contributed by atoms with Crippen molar-refractivity contribution in [3.8, 4) is 12.3 Å². The van der Waals surface area contributed by atoms with E-state index >= 15 is 0 Å². The Morgan fingerprint density at radius 3 is 2.40 bits per heavy atom. The maximum absolute atomic E-state index is 5.03. The Balaban J connectivity index is -0.000000245. The minimum atomic E-state index is 0. The fourth-order valence-corrected chi connectivity index (χ4v) is 0.516. The van der Waals surface area contributed by atoms with Crippen molar-refractivity contribution < 1.29 is 12.4 Å². The summed E-state index contributed by atoms with van der Waals surface area (Å²) in [6, 6.07) is 0. The third-order valence-electron chi connectivity index (χ3n) is 0.979. The van der Waals surface area contributed by atoms with Crippen LogP contribution in [0.1, 0.15) is 25.7 Å². The molecule has 0 N–H and O–H groups in total. The van der Waals surface area contributed by atoms with Crippen LogP contribution in [0.4, 0.5) is 0 Å². The smallest absolute Gasteiger partial charge is 1.00 e. The van der Waals surface area contributed by atoms with Crippen LogP contribution in [0, 0.1) is 12.3 Å². The predicted octanol–water partition coefficient (Wildman–Crippen LogP) is -1.01. The molecule has 0 fully saturated rings. The van der Waals surface area contributed by atoms with Gasteiger partial charge < -0.3 is 12.4 Å². The van der Waals surface area contributed by atoms with Gasteiger partial charge in [0, 0.05) is 6.42 Å². The summed E-state index contributed by atoms with van der Waals surface area (Å²) in [6.45, 7) is 3.61. The molecular weight excluding hydrogens is 156 g/mol. The topological polar surface area (TPSA) is 0 Å². The number of terminal acetylenes is 1. The van der Waals surface area contributed by atoms with Crippen molar-refractivity contribution in [3.05, 3.63) is 12.7 Å². The summed E-state index contributed by atoms with van der Waals surface area (Å²) in [7, 11) is 0. The van der Waals surface area contributed by atoms with E-state index in [1.165, 1.54) is 6.42 Å². The molecule has 2 heteroatoms. The molecule has 0 aliphatic rings. The van der Waals surface area contributed by atoms with Crippen LogP contribution in [-0.2, 0) is 0 Å². The Labute approximate surface area is 86.0 Å². The van der Waals surface area contributed by atoms with Gasteiger partial charge in [-0.1, -0.05) is 6.08 Å². The van der Waals surface area contributed by atoms with Gasteiger partial charge in [-0.05, 0) is 19.3 Å². The van der Waals surface area contributed by atoms with Crippen molar-refractivity contribution in [3.63, 3.8) is 0 Å². The molecule has 0 aromatic rings. The Bertz CT molecular complexity index is 93.9. The van der Waals surface area contributed by atoms with E-state index in [-0.39, 0.29) is 35.5 Å². The molecule has 0 heterocycles. The van der Waals surface area contributed by atoms with Crippen molar-refractivity contribution in [2.24, 2.45) is 0 Å². The molecule has 0 aromatic heterocycles. The Hall–Kier alpha value is 0.356. The third-order valence-corrected chi connectivity index (χ3v) is 0.979. The van der Waals surface area contributed by atoms with E-state index in [4.69, 9.17) is 6.42 Å². The van der Waals surface area contributed by atoms with Gasteiger partial charge in [0.1, 0.15) is 0 Å². The summed E-state index contributed by atoms with van der Waals surface area (Å²) in [5.74, 6) is 2.59. The Morgan fingerprint density at radius 2 is 2.00 bits per heavy atom. The summed E-state index contributed by atoms with van der Waals surface area (Å²) in [5, 5.41) is 0. The minimum absolute atomic E-state index is 0. The van der Waals surface area contributed by atoms with Gasteiger partial charge in [-0.2, -0.15) is 0 Å². The number of allylic oxidation sites excluding steroid dienone is 1. The summed E-state index contributed by atoms with van der Waals surface area (Å²) in [4.78, 5) is 0. The zero-order chi connectivity index (χ0) is 6.24. The first kappa shape index (κ1) is 16.8. The van der Waals surface area contributed by atoms with Gasteiger partial charge in [0.2, 0.25) is 0 Å². The van der Waals surface area contributed by atoms with Crippen LogP contribution in [0.5, 0.6) is 0 Å². The number of halogens is 1. The van der Waals surface area contributed by atoms with Crippen LogP contribution in [0.15, 0.2) is 12.7 Å². The van der Waals surface area contributed by atoms with Gasteiger partial charge in [-0.15, -0.1) is 18.9 Å². The Morgan fingerprint density at radius 1 is 1.40 bits per heavy atom. The van der Waals surface area contributed by atoms with Crippen LogP contribution < -0.4 is 12.4 Å². The van der Waals surface area contributed by atoms with E-state index in [0.717, 1.165) is 19.3 Å². The average Bonchev–Trinajstić information content (AvgIpc) is 1.81. The fraction of sp³-hybridized carbons (Fsp3) is 0.500. The van der Waals surface area contributed by atoms with Crippen LogP contribution >= 0.6 is 0 Å². The molecule has 0 rings (SSSR count).